The van der Waals surface area contributed by atoms with Crippen molar-refractivity contribution in [3.05, 3.63) is 66.2 Å². The van der Waals surface area contributed by atoms with Crippen LogP contribution >= 0.6 is 0 Å². The Morgan fingerprint density at radius 1 is 1.04 bits per heavy atom. The van der Waals surface area contributed by atoms with Gasteiger partial charge in [-0.3, -0.25) is 0 Å². The SMILES string of the molecule is O=C(O)c1ccc2ccccc2c1OCC1COc2ccccc2O1. The minimum absolute atomic E-state index is 0.135. The number of ether oxygens (including phenoxy) is 3. The summed E-state index contributed by atoms with van der Waals surface area (Å²) in [6.07, 6.45) is -0.310. The molecule has 0 amide bonds. The van der Waals surface area contributed by atoms with Gasteiger partial charge in [-0.05, 0) is 23.6 Å². The largest absolute Gasteiger partial charge is 0.488 e. The molecule has 1 N–H and O–H groups in total. The van der Waals surface area contributed by atoms with Gasteiger partial charge in [0.1, 0.15) is 24.5 Å². The number of carbonyl (C=O) groups is 1. The molecule has 0 saturated heterocycles. The molecule has 0 aliphatic carbocycles. The van der Waals surface area contributed by atoms with Crippen LogP contribution in [-0.2, 0) is 0 Å². The van der Waals surface area contributed by atoms with E-state index in [9.17, 15) is 9.90 Å². The molecular weight excluding hydrogens is 320 g/mol. The van der Waals surface area contributed by atoms with Gasteiger partial charge < -0.3 is 19.3 Å². The summed E-state index contributed by atoms with van der Waals surface area (Å²) in [5.41, 5.74) is 0.135. The van der Waals surface area contributed by atoms with Gasteiger partial charge in [0.15, 0.2) is 17.6 Å². The number of para-hydroxylation sites is 2. The Kier molecular flexibility index (Phi) is 3.90. The van der Waals surface area contributed by atoms with Crippen molar-refractivity contribution in [1.29, 1.82) is 0 Å². The summed E-state index contributed by atoms with van der Waals surface area (Å²) in [5, 5.41) is 11.1. The van der Waals surface area contributed by atoms with Crippen molar-refractivity contribution < 1.29 is 24.1 Å². The van der Waals surface area contributed by atoms with Crippen LogP contribution in [0.15, 0.2) is 60.7 Å². The van der Waals surface area contributed by atoms with Crippen molar-refractivity contribution in [3.8, 4) is 17.2 Å². The molecule has 5 nitrogen and oxygen atoms in total. The van der Waals surface area contributed by atoms with E-state index in [0.29, 0.717) is 23.9 Å². The molecule has 1 atom stereocenters. The third-order valence-electron chi connectivity index (χ3n) is 4.09. The fourth-order valence-corrected chi connectivity index (χ4v) is 2.89. The molecule has 1 heterocycles. The fourth-order valence-electron chi connectivity index (χ4n) is 2.89. The van der Waals surface area contributed by atoms with Gasteiger partial charge >= 0.3 is 5.97 Å². The second-order valence-corrected chi connectivity index (χ2v) is 5.78. The average Bonchev–Trinajstić information content (AvgIpc) is 2.65. The van der Waals surface area contributed by atoms with Crippen molar-refractivity contribution in [3.63, 3.8) is 0 Å². The van der Waals surface area contributed by atoms with E-state index >= 15 is 0 Å². The smallest absolute Gasteiger partial charge is 0.339 e. The summed E-state index contributed by atoms with van der Waals surface area (Å²) in [5.74, 6) is 0.703. The second-order valence-electron chi connectivity index (χ2n) is 5.78. The number of hydrogen-bond acceptors (Lipinski definition) is 4. The Morgan fingerprint density at radius 3 is 2.64 bits per heavy atom. The maximum atomic E-state index is 11.5. The maximum absolute atomic E-state index is 11.5. The highest BCUT2D eigenvalue weighted by atomic mass is 16.6. The lowest BCUT2D eigenvalue weighted by molar-refractivity contribution is 0.0525. The van der Waals surface area contributed by atoms with Crippen LogP contribution in [-0.4, -0.2) is 30.4 Å². The molecule has 1 unspecified atom stereocenters. The molecule has 126 valence electrons. The molecule has 4 rings (SSSR count). The molecule has 0 spiro atoms. The number of carboxylic acids is 1. The Labute approximate surface area is 144 Å². The van der Waals surface area contributed by atoms with E-state index in [1.807, 2.05) is 48.5 Å². The number of hydrogen-bond donors (Lipinski definition) is 1. The summed E-state index contributed by atoms with van der Waals surface area (Å²) in [6, 6.07) is 18.3. The topological polar surface area (TPSA) is 65.0 Å². The van der Waals surface area contributed by atoms with Crippen LogP contribution in [0.2, 0.25) is 0 Å². The van der Waals surface area contributed by atoms with Crippen molar-refractivity contribution in [1.82, 2.24) is 0 Å². The standard InChI is InChI=1S/C20H16O5/c21-20(22)16-10-9-13-5-1-2-6-15(13)19(16)24-12-14-11-23-17-7-3-4-8-18(17)25-14/h1-10,14H,11-12H2,(H,21,22). The fraction of sp³-hybridized carbons (Fsp3) is 0.150. The lowest BCUT2D eigenvalue weighted by atomic mass is 10.1. The highest BCUT2D eigenvalue weighted by Gasteiger charge is 2.23. The quantitative estimate of drug-likeness (QED) is 0.786. The van der Waals surface area contributed by atoms with Crippen LogP contribution in [0.3, 0.4) is 0 Å². The van der Waals surface area contributed by atoms with Crippen molar-refractivity contribution in [2.75, 3.05) is 13.2 Å². The molecule has 3 aromatic rings. The van der Waals surface area contributed by atoms with Crippen LogP contribution in [0.5, 0.6) is 17.2 Å². The zero-order chi connectivity index (χ0) is 17.2. The monoisotopic (exact) mass is 336 g/mol. The van der Waals surface area contributed by atoms with Crippen molar-refractivity contribution >= 4 is 16.7 Å². The molecule has 0 saturated carbocycles. The zero-order valence-electron chi connectivity index (χ0n) is 13.3. The van der Waals surface area contributed by atoms with Crippen molar-refractivity contribution in [2.45, 2.75) is 6.10 Å². The van der Waals surface area contributed by atoms with E-state index < -0.39 is 5.97 Å². The minimum Gasteiger partial charge on any atom is -0.488 e. The lowest BCUT2D eigenvalue weighted by Crippen LogP contribution is -2.34. The summed E-state index contributed by atoms with van der Waals surface area (Å²) in [6.45, 7) is 0.548. The number of benzene rings is 3. The van der Waals surface area contributed by atoms with E-state index in [4.69, 9.17) is 14.2 Å². The molecule has 1 aliphatic heterocycles. The van der Waals surface area contributed by atoms with Gasteiger partial charge in [0.05, 0.1) is 0 Å². The van der Waals surface area contributed by atoms with E-state index in [1.54, 1.807) is 12.1 Å². The first kappa shape index (κ1) is 15.3. The third-order valence-corrected chi connectivity index (χ3v) is 4.09. The number of fused-ring (bicyclic) bond motifs is 2. The molecule has 0 bridgehead atoms. The molecule has 1 aliphatic rings. The summed E-state index contributed by atoms with van der Waals surface area (Å²) >= 11 is 0. The lowest BCUT2D eigenvalue weighted by Gasteiger charge is -2.26. The first-order valence-electron chi connectivity index (χ1n) is 7.99. The van der Waals surface area contributed by atoms with Gasteiger partial charge in [-0.25, -0.2) is 4.79 Å². The first-order chi connectivity index (χ1) is 12.2. The maximum Gasteiger partial charge on any atom is 0.339 e. The zero-order valence-corrected chi connectivity index (χ0v) is 13.3. The average molecular weight is 336 g/mol. The van der Waals surface area contributed by atoms with Crippen LogP contribution < -0.4 is 14.2 Å². The van der Waals surface area contributed by atoms with Gasteiger partial charge in [-0.2, -0.15) is 0 Å². The molecule has 25 heavy (non-hydrogen) atoms. The molecule has 5 heteroatoms. The van der Waals surface area contributed by atoms with E-state index in [0.717, 1.165) is 10.8 Å². The van der Waals surface area contributed by atoms with Gasteiger partial charge in [0, 0.05) is 5.39 Å². The number of aromatic carboxylic acids is 1. The van der Waals surface area contributed by atoms with Gasteiger partial charge in [-0.1, -0.05) is 42.5 Å². The molecule has 0 aromatic heterocycles. The molecule has 3 aromatic carbocycles. The first-order valence-corrected chi connectivity index (χ1v) is 7.99. The number of rotatable bonds is 4. The second kappa shape index (κ2) is 6.36. The highest BCUT2D eigenvalue weighted by molar-refractivity contribution is 6.00. The van der Waals surface area contributed by atoms with Crippen LogP contribution in [0.1, 0.15) is 10.4 Å². The Morgan fingerprint density at radius 2 is 1.80 bits per heavy atom. The predicted molar refractivity (Wildman–Crippen MR) is 92.8 cm³/mol. The normalized spacial score (nSPS) is 15.8. The molecule has 0 radical (unpaired) electrons. The Hall–Kier alpha value is -3.21. The van der Waals surface area contributed by atoms with Gasteiger partial charge in [-0.15, -0.1) is 0 Å². The van der Waals surface area contributed by atoms with Crippen LogP contribution in [0.4, 0.5) is 0 Å². The summed E-state index contributed by atoms with van der Waals surface area (Å²) < 4.78 is 17.4. The predicted octanol–water partition coefficient (Wildman–Crippen LogP) is 3.76. The summed E-state index contributed by atoms with van der Waals surface area (Å²) in [7, 11) is 0. The molecular formula is C20H16O5. The van der Waals surface area contributed by atoms with E-state index in [2.05, 4.69) is 0 Å². The van der Waals surface area contributed by atoms with Gasteiger partial charge in [0.2, 0.25) is 0 Å². The number of carboxylic acid groups (broad SMARTS) is 1. The van der Waals surface area contributed by atoms with Gasteiger partial charge in [0.25, 0.3) is 0 Å². The van der Waals surface area contributed by atoms with E-state index in [-0.39, 0.29) is 18.3 Å². The Balaban J connectivity index is 1.59. The van der Waals surface area contributed by atoms with Crippen LogP contribution in [0.25, 0.3) is 10.8 Å². The van der Waals surface area contributed by atoms with Crippen LogP contribution in [0, 0.1) is 0 Å². The van der Waals surface area contributed by atoms with Crippen molar-refractivity contribution in [2.24, 2.45) is 0 Å². The minimum atomic E-state index is -1.02. The summed E-state index contributed by atoms with van der Waals surface area (Å²) in [4.78, 5) is 11.5. The highest BCUT2D eigenvalue weighted by Crippen LogP contribution is 2.33. The molecule has 0 fully saturated rings. The van der Waals surface area contributed by atoms with E-state index in [1.165, 1.54) is 0 Å². The third kappa shape index (κ3) is 2.96. The Bertz CT molecular complexity index is 934.